The highest BCUT2D eigenvalue weighted by molar-refractivity contribution is 6.16. The van der Waals surface area contributed by atoms with Crippen molar-refractivity contribution < 1.29 is 0 Å². The summed E-state index contributed by atoms with van der Waals surface area (Å²) in [5, 5.41) is 4.99. The molecule has 0 saturated carbocycles. The smallest absolute Gasteiger partial charge is 0.0547 e. The fourth-order valence-electron chi connectivity index (χ4n) is 11.1. The van der Waals surface area contributed by atoms with Gasteiger partial charge in [0.05, 0.1) is 16.7 Å². The average molecular weight is 941 g/mol. The van der Waals surface area contributed by atoms with Gasteiger partial charge >= 0.3 is 0 Å². The van der Waals surface area contributed by atoms with Crippen LogP contribution in [0.4, 0.5) is 11.4 Å². The Labute approximate surface area is 431 Å². The van der Waals surface area contributed by atoms with Gasteiger partial charge in [-0.15, -0.1) is 0 Å². The molecule has 2 nitrogen and oxygen atoms in total. The molecule has 0 spiro atoms. The summed E-state index contributed by atoms with van der Waals surface area (Å²) >= 11 is 0. The van der Waals surface area contributed by atoms with Gasteiger partial charge in [-0.05, 0) is 138 Å². The van der Waals surface area contributed by atoms with Crippen LogP contribution in [-0.2, 0) is 6.42 Å². The number of para-hydroxylation sites is 1. The maximum Gasteiger partial charge on any atom is 0.0547 e. The molecule has 0 bridgehead atoms. The van der Waals surface area contributed by atoms with Crippen molar-refractivity contribution in [2.75, 3.05) is 4.90 Å². The van der Waals surface area contributed by atoms with Crippen LogP contribution in [0.5, 0.6) is 0 Å². The van der Waals surface area contributed by atoms with E-state index in [4.69, 9.17) is 0 Å². The van der Waals surface area contributed by atoms with Crippen molar-refractivity contribution >= 4 is 44.0 Å². The first kappa shape index (κ1) is 46.7. The monoisotopic (exact) mass is 940 g/mol. The molecule has 0 N–H and O–H groups in total. The van der Waals surface area contributed by atoms with Crippen LogP contribution in [0.25, 0.3) is 71.6 Å². The number of aromatic nitrogens is 1. The van der Waals surface area contributed by atoms with E-state index in [1.807, 2.05) is 6.08 Å². The Bertz CT molecular complexity index is 3760. The SMILES string of the molecule is C=C/C=C\C1CC=CC(C)=C(C)C1c1ccc(-c2ccc(N(C(/C=C\C)=C/Cc3cccc(-c4cccc5c4c4ccccc4n5-c4cccc5ccccc45)c3)c3ccc(-c4ccccc4)cc3)cc2)cc1. The van der Waals surface area contributed by atoms with Crippen LogP contribution < -0.4 is 4.90 Å². The molecular formula is C71H60N2. The highest BCUT2D eigenvalue weighted by Gasteiger charge is 2.25. The number of hydrogen-bond donors (Lipinski definition) is 0. The predicted molar refractivity (Wildman–Crippen MR) is 314 cm³/mol. The second kappa shape index (κ2) is 20.9. The van der Waals surface area contributed by atoms with Gasteiger partial charge < -0.3 is 9.47 Å². The summed E-state index contributed by atoms with van der Waals surface area (Å²) in [6, 6.07) is 78.0. The Balaban J connectivity index is 0.940. The summed E-state index contributed by atoms with van der Waals surface area (Å²) in [5.74, 6) is 0.691. The van der Waals surface area contributed by atoms with Crippen molar-refractivity contribution in [2.45, 2.75) is 39.5 Å². The number of allylic oxidation sites excluding steroid dienone is 10. The molecule has 10 aromatic rings. The zero-order valence-electron chi connectivity index (χ0n) is 42.0. The highest BCUT2D eigenvalue weighted by Crippen LogP contribution is 2.42. The molecule has 2 atom stereocenters. The first-order valence-electron chi connectivity index (χ1n) is 25.7. The van der Waals surface area contributed by atoms with Gasteiger partial charge in [0.25, 0.3) is 0 Å². The van der Waals surface area contributed by atoms with Crippen LogP contribution in [-0.4, -0.2) is 4.57 Å². The molecular weight excluding hydrogens is 881 g/mol. The zero-order valence-corrected chi connectivity index (χ0v) is 42.0. The number of nitrogens with zero attached hydrogens (tertiary/aromatic N) is 2. The van der Waals surface area contributed by atoms with Gasteiger partial charge in [0.2, 0.25) is 0 Å². The van der Waals surface area contributed by atoms with Gasteiger partial charge in [0, 0.05) is 39.1 Å². The lowest BCUT2D eigenvalue weighted by Crippen LogP contribution is -2.15. The number of hydrogen-bond acceptors (Lipinski definition) is 1. The standard InChI is InChI=1S/C71H60N2/c1-5-7-22-58-27-15-20-50(3)51(4)70(58)59-38-36-54(37-39-59)56-42-47-63(48-43-56)72(62-45-40-55(41-46-62)53-23-9-8-10-24-53)61(19-6-2)44-35-52-21-16-28-60(49-52)65-31-18-34-69-71(65)66-30-13-14-32-68(66)73(69)67-33-17-26-57-25-11-12-29-64(57)67/h5-26,28-34,36-49,58,70H,1,27,35H2,2-4H3/b19-6-,22-7-,61-44+. The molecule has 354 valence electrons. The zero-order chi connectivity index (χ0) is 49.7. The maximum absolute atomic E-state index is 3.95. The molecule has 0 radical (unpaired) electrons. The van der Waals surface area contributed by atoms with Crippen molar-refractivity contribution in [3.63, 3.8) is 0 Å². The summed E-state index contributed by atoms with van der Waals surface area (Å²) in [5.41, 5.74) is 19.5. The van der Waals surface area contributed by atoms with Crippen molar-refractivity contribution in [1.82, 2.24) is 4.57 Å². The van der Waals surface area contributed by atoms with Gasteiger partial charge in [-0.3, -0.25) is 0 Å². The van der Waals surface area contributed by atoms with Crippen molar-refractivity contribution in [3.05, 3.63) is 295 Å². The highest BCUT2D eigenvalue weighted by atomic mass is 15.1. The fourth-order valence-corrected chi connectivity index (χ4v) is 11.1. The fraction of sp³-hybridized carbons (Fsp3) is 0.0986. The normalized spacial score (nSPS) is 15.2. The third-order valence-corrected chi connectivity index (χ3v) is 14.8. The third kappa shape index (κ3) is 9.37. The Morgan fingerprint density at radius 1 is 0.603 bits per heavy atom. The lowest BCUT2D eigenvalue weighted by molar-refractivity contribution is 0.570. The Morgan fingerprint density at radius 2 is 1.21 bits per heavy atom. The third-order valence-electron chi connectivity index (χ3n) is 14.8. The summed E-state index contributed by atoms with van der Waals surface area (Å²) in [4.78, 5) is 2.39. The van der Waals surface area contributed by atoms with E-state index >= 15 is 0 Å². The van der Waals surface area contributed by atoms with Crippen LogP contribution in [0.2, 0.25) is 0 Å². The van der Waals surface area contributed by atoms with E-state index in [1.54, 1.807) is 0 Å². The van der Waals surface area contributed by atoms with E-state index in [2.05, 4.69) is 292 Å². The van der Waals surface area contributed by atoms with Gasteiger partial charge in [0.1, 0.15) is 0 Å². The molecule has 9 aromatic carbocycles. The minimum absolute atomic E-state index is 0.313. The van der Waals surface area contributed by atoms with E-state index in [1.165, 1.54) is 93.9 Å². The van der Waals surface area contributed by atoms with Gasteiger partial charge in [-0.25, -0.2) is 0 Å². The minimum atomic E-state index is 0.313. The Hall–Kier alpha value is -8.72. The number of anilines is 2. The summed E-state index contributed by atoms with van der Waals surface area (Å²) < 4.78 is 2.45. The summed E-state index contributed by atoms with van der Waals surface area (Å²) in [6.07, 6.45) is 19.4. The second-order valence-corrected chi connectivity index (χ2v) is 19.3. The molecule has 1 heterocycles. The average Bonchev–Trinajstić information content (AvgIpc) is 3.71. The van der Waals surface area contributed by atoms with Crippen LogP contribution >= 0.6 is 0 Å². The summed E-state index contributed by atoms with van der Waals surface area (Å²) in [6.45, 7) is 10.6. The number of benzene rings is 9. The van der Waals surface area contributed by atoms with E-state index in [-0.39, 0.29) is 0 Å². The Morgan fingerprint density at radius 3 is 1.93 bits per heavy atom. The molecule has 1 aromatic heterocycles. The Kier molecular flexibility index (Phi) is 13.4. The quantitative estimate of drug-likeness (QED) is 0.105. The first-order valence-corrected chi connectivity index (χ1v) is 25.7. The van der Waals surface area contributed by atoms with Crippen LogP contribution in [0.1, 0.15) is 44.2 Å². The van der Waals surface area contributed by atoms with Crippen LogP contribution in [0, 0.1) is 5.92 Å². The largest absolute Gasteiger partial charge is 0.311 e. The van der Waals surface area contributed by atoms with E-state index in [0.29, 0.717) is 11.8 Å². The second-order valence-electron chi connectivity index (χ2n) is 19.3. The van der Waals surface area contributed by atoms with E-state index < -0.39 is 0 Å². The predicted octanol–water partition coefficient (Wildman–Crippen LogP) is 19.5. The van der Waals surface area contributed by atoms with Gasteiger partial charge in [0.15, 0.2) is 0 Å². The number of rotatable bonds is 13. The molecule has 2 unspecified atom stereocenters. The van der Waals surface area contributed by atoms with E-state index in [9.17, 15) is 0 Å². The topological polar surface area (TPSA) is 8.17 Å². The summed E-state index contributed by atoms with van der Waals surface area (Å²) in [7, 11) is 0. The molecule has 0 aliphatic heterocycles. The molecule has 11 rings (SSSR count). The minimum Gasteiger partial charge on any atom is -0.311 e. The van der Waals surface area contributed by atoms with Gasteiger partial charge in [-0.2, -0.15) is 0 Å². The molecule has 2 heteroatoms. The lowest BCUT2D eigenvalue weighted by atomic mass is 9.78. The molecule has 73 heavy (non-hydrogen) atoms. The molecule has 0 fully saturated rings. The number of fused-ring (bicyclic) bond motifs is 4. The lowest BCUT2D eigenvalue weighted by Gasteiger charge is -2.27. The molecule has 0 amide bonds. The first-order chi connectivity index (χ1) is 36.0. The molecule has 1 aliphatic rings. The molecule has 1 aliphatic carbocycles. The van der Waals surface area contributed by atoms with Crippen molar-refractivity contribution in [2.24, 2.45) is 5.92 Å². The van der Waals surface area contributed by atoms with Crippen molar-refractivity contribution in [1.29, 1.82) is 0 Å². The molecule has 0 saturated heterocycles. The van der Waals surface area contributed by atoms with Crippen LogP contribution in [0.15, 0.2) is 284 Å². The maximum atomic E-state index is 3.95. The van der Waals surface area contributed by atoms with Crippen molar-refractivity contribution in [3.8, 4) is 39.1 Å². The van der Waals surface area contributed by atoms with Gasteiger partial charge in [-0.1, -0.05) is 230 Å². The van der Waals surface area contributed by atoms with Crippen LogP contribution in [0.3, 0.4) is 0 Å². The van der Waals surface area contributed by atoms with E-state index in [0.717, 1.165) is 29.9 Å².